The molecule has 1 aliphatic rings. The monoisotopic (exact) mass is 228 g/mol. The number of nitrogens with zero attached hydrogens (tertiary/aromatic N) is 1. The normalized spacial score (nSPS) is 22.4. The Balaban J connectivity index is 2.51. The molecule has 1 aliphatic heterocycles. The van der Waals surface area contributed by atoms with Gasteiger partial charge in [-0.25, -0.2) is 0 Å². The lowest BCUT2D eigenvalue weighted by Gasteiger charge is -2.25. The molecule has 0 saturated carbocycles. The van der Waals surface area contributed by atoms with E-state index >= 15 is 0 Å². The summed E-state index contributed by atoms with van der Waals surface area (Å²) in [6.45, 7) is 5.82. The summed E-state index contributed by atoms with van der Waals surface area (Å²) in [5.41, 5.74) is 0. The molecule has 94 valence electrons. The molecule has 0 aromatic rings. The van der Waals surface area contributed by atoms with Crippen molar-refractivity contribution < 1.29 is 9.53 Å². The van der Waals surface area contributed by atoms with E-state index in [4.69, 9.17) is 4.74 Å². The number of rotatable bonds is 5. The molecule has 0 bridgehead atoms. The minimum atomic E-state index is -0.0679. The van der Waals surface area contributed by atoms with Crippen molar-refractivity contribution in [3.05, 3.63) is 0 Å². The number of hydrogen-bond acceptors (Lipinski definition) is 3. The SMILES string of the molecule is CC(C)CC(NC1CCOC1)C(=O)N(C)C. The number of amides is 1. The summed E-state index contributed by atoms with van der Waals surface area (Å²) in [6, 6.07) is 0.273. The van der Waals surface area contributed by atoms with Crippen LogP contribution in [0.5, 0.6) is 0 Å². The third-order valence-electron chi connectivity index (χ3n) is 2.81. The highest BCUT2D eigenvalue weighted by molar-refractivity contribution is 5.81. The van der Waals surface area contributed by atoms with Crippen LogP contribution in [0.4, 0.5) is 0 Å². The Bertz CT molecular complexity index is 223. The maximum Gasteiger partial charge on any atom is 0.239 e. The standard InChI is InChI=1S/C12H24N2O2/c1-9(2)7-11(12(15)14(3)4)13-10-5-6-16-8-10/h9-11,13H,5-8H2,1-4H3. The van der Waals surface area contributed by atoms with Crippen molar-refractivity contribution in [1.82, 2.24) is 10.2 Å². The van der Waals surface area contributed by atoms with Crippen LogP contribution in [0.15, 0.2) is 0 Å². The fraction of sp³-hybridized carbons (Fsp3) is 0.917. The van der Waals surface area contributed by atoms with Gasteiger partial charge in [0.05, 0.1) is 12.6 Å². The summed E-state index contributed by atoms with van der Waals surface area (Å²) >= 11 is 0. The Morgan fingerprint density at radius 1 is 1.50 bits per heavy atom. The number of carbonyl (C=O) groups is 1. The van der Waals surface area contributed by atoms with Crippen molar-refractivity contribution in [3.63, 3.8) is 0 Å². The van der Waals surface area contributed by atoms with Gasteiger partial charge in [0.25, 0.3) is 0 Å². The van der Waals surface area contributed by atoms with E-state index < -0.39 is 0 Å². The molecule has 0 aliphatic carbocycles. The van der Waals surface area contributed by atoms with Gasteiger partial charge in [-0.05, 0) is 18.8 Å². The zero-order chi connectivity index (χ0) is 12.1. The first-order valence-corrected chi connectivity index (χ1v) is 6.05. The quantitative estimate of drug-likeness (QED) is 0.759. The Morgan fingerprint density at radius 3 is 2.62 bits per heavy atom. The minimum Gasteiger partial charge on any atom is -0.380 e. The van der Waals surface area contributed by atoms with Crippen LogP contribution in [0.2, 0.25) is 0 Å². The van der Waals surface area contributed by atoms with Crippen LogP contribution in [0.25, 0.3) is 0 Å². The highest BCUT2D eigenvalue weighted by Crippen LogP contribution is 2.11. The summed E-state index contributed by atoms with van der Waals surface area (Å²) < 4.78 is 5.32. The summed E-state index contributed by atoms with van der Waals surface area (Å²) in [5, 5.41) is 3.41. The van der Waals surface area contributed by atoms with E-state index in [1.807, 2.05) is 14.1 Å². The lowest BCUT2D eigenvalue weighted by molar-refractivity contribution is -0.131. The lowest BCUT2D eigenvalue weighted by atomic mass is 10.0. The average molecular weight is 228 g/mol. The molecule has 0 spiro atoms. The van der Waals surface area contributed by atoms with Crippen LogP contribution < -0.4 is 5.32 Å². The van der Waals surface area contributed by atoms with Crippen LogP contribution in [-0.2, 0) is 9.53 Å². The van der Waals surface area contributed by atoms with Crippen molar-refractivity contribution in [2.45, 2.75) is 38.8 Å². The Morgan fingerprint density at radius 2 is 2.19 bits per heavy atom. The van der Waals surface area contributed by atoms with Gasteiger partial charge in [-0.3, -0.25) is 4.79 Å². The number of carbonyl (C=O) groups excluding carboxylic acids is 1. The Labute approximate surface area is 98.3 Å². The van der Waals surface area contributed by atoms with Crippen LogP contribution in [-0.4, -0.2) is 50.2 Å². The summed E-state index contributed by atoms with van der Waals surface area (Å²) in [5.74, 6) is 0.685. The van der Waals surface area contributed by atoms with Gasteiger partial charge in [0.2, 0.25) is 5.91 Å². The maximum absolute atomic E-state index is 12.0. The summed E-state index contributed by atoms with van der Waals surface area (Å²) in [7, 11) is 3.62. The van der Waals surface area contributed by atoms with E-state index in [9.17, 15) is 4.79 Å². The predicted molar refractivity (Wildman–Crippen MR) is 64.3 cm³/mol. The molecule has 1 heterocycles. The molecule has 0 aromatic carbocycles. The molecule has 4 heteroatoms. The first-order chi connectivity index (χ1) is 7.50. The van der Waals surface area contributed by atoms with Gasteiger partial charge in [-0.15, -0.1) is 0 Å². The third kappa shape index (κ3) is 4.10. The Hall–Kier alpha value is -0.610. The van der Waals surface area contributed by atoms with E-state index in [1.165, 1.54) is 0 Å². The average Bonchev–Trinajstić information content (AvgIpc) is 2.67. The third-order valence-corrected chi connectivity index (χ3v) is 2.81. The second kappa shape index (κ2) is 6.21. The van der Waals surface area contributed by atoms with E-state index in [0.29, 0.717) is 12.0 Å². The molecular weight excluding hydrogens is 204 g/mol. The second-order valence-electron chi connectivity index (χ2n) is 5.14. The van der Waals surface area contributed by atoms with Gasteiger partial charge >= 0.3 is 0 Å². The molecular formula is C12H24N2O2. The van der Waals surface area contributed by atoms with E-state index in [1.54, 1.807) is 4.90 Å². The van der Waals surface area contributed by atoms with Crippen molar-refractivity contribution >= 4 is 5.91 Å². The molecule has 0 aromatic heterocycles. The molecule has 2 unspecified atom stereocenters. The maximum atomic E-state index is 12.0. The number of ether oxygens (including phenoxy) is 1. The van der Waals surface area contributed by atoms with Gasteiger partial charge in [-0.1, -0.05) is 13.8 Å². The Kier molecular flexibility index (Phi) is 5.22. The van der Waals surface area contributed by atoms with Crippen LogP contribution in [0.3, 0.4) is 0 Å². The molecule has 16 heavy (non-hydrogen) atoms. The molecule has 1 amide bonds. The highest BCUT2D eigenvalue weighted by Gasteiger charge is 2.26. The van der Waals surface area contributed by atoms with Gasteiger partial charge in [-0.2, -0.15) is 0 Å². The highest BCUT2D eigenvalue weighted by atomic mass is 16.5. The van der Waals surface area contributed by atoms with Crippen molar-refractivity contribution in [1.29, 1.82) is 0 Å². The number of hydrogen-bond donors (Lipinski definition) is 1. The van der Waals surface area contributed by atoms with Crippen molar-refractivity contribution in [2.24, 2.45) is 5.92 Å². The molecule has 1 fully saturated rings. The van der Waals surface area contributed by atoms with Gasteiger partial charge < -0.3 is 15.0 Å². The second-order valence-corrected chi connectivity index (χ2v) is 5.14. The smallest absolute Gasteiger partial charge is 0.239 e. The van der Waals surface area contributed by atoms with Crippen molar-refractivity contribution in [2.75, 3.05) is 27.3 Å². The van der Waals surface area contributed by atoms with Crippen LogP contribution in [0.1, 0.15) is 26.7 Å². The zero-order valence-electron chi connectivity index (χ0n) is 10.8. The van der Waals surface area contributed by atoms with Gasteiger partial charge in [0.15, 0.2) is 0 Å². The fourth-order valence-electron chi connectivity index (χ4n) is 1.97. The fourth-order valence-corrected chi connectivity index (χ4v) is 1.97. The molecule has 1 N–H and O–H groups in total. The molecule has 0 radical (unpaired) electrons. The van der Waals surface area contributed by atoms with E-state index in [0.717, 1.165) is 26.1 Å². The summed E-state index contributed by atoms with van der Waals surface area (Å²) in [4.78, 5) is 13.7. The minimum absolute atomic E-state index is 0.0679. The van der Waals surface area contributed by atoms with Crippen LogP contribution >= 0.6 is 0 Å². The molecule has 1 saturated heterocycles. The zero-order valence-corrected chi connectivity index (χ0v) is 10.8. The number of likely N-dealkylation sites (N-methyl/N-ethyl adjacent to an activating group) is 1. The van der Waals surface area contributed by atoms with Crippen LogP contribution in [0, 0.1) is 5.92 Å². The van der Waals surface area contributed by atoms with Crippen molar-refractivity contribution in [3.8, 4) is 0 Å². The topological polar surface area (TPSA) is 41.6 Å². The number of nitrogens with one attached hydrogen (secondary N) is 1. The summed E-state index contributed by atoms with van der Waals surface area (Å²) in [6.07, 6.45) is 1.89. The van der Waals surface area contributed by atoms with E-state index in [2.05, 4.69) is 19.2 Å². The first-order valence-electron chi connectivity index (χ1n) is 6.05. The first kappa shape index (κ1) is 13.5. The molecule has 4 nitrogen and oxygen atoms in total. The molecule has 2 atom stereocenters. The molecule has 1 rings (SSSR count). The van der Waals surface area contributed by atoms with Gasteiger partial charge in [0.1, 0.15) is 0 Å². The van der Waals surface area contributed by atoms with E-state index in [-0.39, 0.29) is 11.9 Å². The largest absolute Gasteiger partial charge is 0.380 e. The van der Waals surface area contributed by atoms with Gasteiger partial charge in [0, 0.05) is 26.7 Å². The predicted octanol–water partition coefficient (Wildman–Crippen LogP) is 0.868. The lowest BCUT2D eigenvalue weighted by Crippen LogP contribution is -2.48.